The molecule has 2 fully saturated rings. The number of aliphatic hydroxyl groups excluding tert-OH is 1. The fraction of sp³-hybridized carbons (Fsp3) is 1.00. The minimum absolute atomic E-state index is 0.187. The number of ether oxygens (including phenoxy) is 2. The van der Waals surface area contributed by atoms with E-state index in [1.807, 2.05) is 0 Å². The first-order chi connectivity index (χ1) is 11.7. The van der Waals surface area contributed by atoms with Crippen molar-refractivity contribution in [2.45, 2.75) is 128 Å². The van der Waals surface area contributed by atoms with E-state index in [0.29, 0.717) is 0 Å². The summed E-state index contributed by atoms with van der Waals surface area (Å²) >= 11 is 0. The van der Waals surface area contributed by atoms with E-state index >= 15 is 0 Å². The van der Waals surface area contributed by atoms with Crippen LogP contribution in [0.3, 0.4) is 0 Å². The summed E-state index contributed by atoms with van der Waals surface area (Å²) in [5.74, 6) is 0.261. The molecule has 24 heavy (non-hydrogen) atoms. The summed E-state index contributed by atoms with van der Waals surface area (Å²) in [6, 6.07) is 0. The standard InChI is InChI=1S/C21H40O3/c1-17-16-18(2)23-21(20(17)22)24-19-14-12-10-8-6-4-3-5-7-9-11-13-15-19/h17-22H,3-16H2,1-2H3/t17?,18?,20-,21+/m1/s1. The van der Waals surface area contributed by atoms with E-state index in [2.05, 4.69) is 13.8 Å². The Hall–Kier alpha value is -0.120. The van der Waals surface area contributed by atoms with Gasteiger partial charge in [-0.15, -0.1) is 0 Å². The summed E-state index contributed by atoms with van der Waals surface area (Å²) in [7, 11) is 0. The topological polar surface area (TPSA) is 38.7 Å². The number of hydrogen-bond donors (Lipinski definition) is 1. The molecule has 2 rings (SSSR count). The van der Waals surface area contributed by atoms with Crippen molar-refractivity contribution in [2.75, 3.05) is 0 Å². The van der Waals surface area contributed by atoms with E-state index in [1.165, 1.54) is 70.6 Å². The van der Waals surface area contributed by atoms with Crippen molar-refractivity contribution in [3.63, 3.8) is 0 Å². The summed E-state index contributed by atoms with van der Waals surface area (Å²) < 4.78 is 12.2. The summed E-state index contributed by atoms with van der Waals surface area (Å²) in [6.07, 6.45) is 17.6. The van der Waals surface area contributed by atoms with Crippen LogP contribution in [-0.4, -0.2) is 29.7 Å². The van der Waals surface area contributed by atoms with Crippen LogP contribution in [0.1, 0.15) is 104 Å². The summed E-state index contributed by atoms with van der Waals surface area (Å²) in [5.41, 5.74) is 0. The van der Waals surface area contributed by atoms with Gasteiger partial charge < -0.3 is 14.6 Å². The molecule has 3 nitrogen and oxygen atoms in total. The molecule has 4 atom stereocenters. The van der Waals surface area contributed by atoms with Crippen molar-refractivity contribution < 1.29 is 14.6 Å². The van der Waals surface area contributed by atoms with Gasteiger partial charge in [0.1, 0.15) is 6.10 Å². The number of rotatable bonds is 2. The van der Waals surface area contributed by atoms with Crippen LogP contribution in [0.2, 0.25) is 0 Å². The molecule has 1 N–H and O–H groups in total. The average Bonchev–Trinajstić information content (AvgIpc) is 2.55. The predicted octanol–water partition coefficient (Wildman–Crippen LogP) is 5.59. The van der Waals surface area contributed by atoms with E-state index < -0.39 is 12.4 Å². The third-order valence-electron chi connectivity index (χ3n) is 5.81. The molecule has 0 spiro atoms. The first-order valence-electron chi connectivity index (χ1n) is 10.7. The summed E-state index contributed by atoms with van der Waals surface area (Å²) in [6.45, 7) is 4.19. The number of aliphatic hydroxyl groups is 1. The normalized spacial score (nSPS) is 36.1. The SMILES string of the molecule is CC1CC(C)[C@@H](O)[C@H](OC2CCCCCCCCCCCCC2)O1. The van der Waals surface area contributed by atoms with Crippen LogP contribution < -0.4 is 0 Å². The van der Waals surface area contributed by atoms with Crippen LogP contribution in [0.25, 0.3) is 0 Å². The first-order valence-corrected chi connectivity index (χ1v) is 10.7. The van der Waals surface area contributed by atoms with Gasteiger partial charge in [0.2, 0.25) is 0 Å². The molecule has 1 saturated heterocycles. The van der Waals surface area contributed by atoms with Crippen molar-refractivity contribution in [1.29, 1.82) is 0 Å². The van der Waals surface area contributed by atoms with Crippen LogP contribution in [0, 0.1) is 5.92 Å². The molecule has 142 valence electrons. The molecule has 1 aliphatic carbocycles. The maximum atomic E-state index is 10.4. The van der Waals surface area contributed by atoms with Crippen LogP contribution in [0.4, 0.5) is 0 Å². The highest BCUT2D eigenvalue weighted by Gasteiger charge is 2.35. The fourth-order valence-corrected chi connectivity index (χ4v) is 4.21. The monoisotopic (exact) mass is 340 g/mol. The molecule has 0 amide bonds. The van der Waals surface area contributed by atoms with E-state index in [9.17, 15) is 5.11 Å². The lowest BCUT2D eigenvalue weighted by Gasteiger charge is -2.38. The Kier molecular flexibility index (Phi) is 9.67. The highest BCUT2D eigenvalue weighted by Crippen LogP contribution is 2.28. The van der Waals surface area contributed by atoms with Gasteiger partial charge in [0.05, 0.1) is 12.2 Å². The zero-order valence-electron chi connectivity index (χ0n) is 16.0. The molecule has 0 aromatic rings. The molecule has 0 aromatic heterocycles. The third kappa shape index (κ3) is 7.41. The predicted molar refractivity (Wildman–Crippen MR) is 99.0 cm³/mol. The third-order valence-corrected chi connectivity index (χ3v) is 5.81. The molecule has 1 saturated carbocycles. The van der Waals surface area contributed by atoms with E-state index in [-0.39, 0.29) is 18.1 Å². The molecule has 1 heterocycles. The van der Waals surface area contributed by atoms with Gasteiger partial charge in [0.25, 0.3) is 0 Å². The molecular formula is C21H40O3. The van der Waals surface area contributed by atoms with Crippen LogP contribution in [-0.2, 0) is 9.47 Å². The molecule has 1 aliphatic heterocycles. The Morgan fingerprint density at radius 3 is 1.71 bits per heavy atom. The van der Waals surface area contributed by atoms with Crippen LogP contribution in [0.15, 0.2) is 0 Å². The van der Waals surface area contributed by atoms with E-state index in [0.717, 1.165) is 19.3 Å². The molecule has 2 unspecified atom stereocenters. The summed E-state index contributed by atoms with van der Waals surface area (Å²) in [5, 5.41) is 10.4. The Balaban J connectivity index is 1.81. The molecular weight excluding hydrogens is 300 g/mol. The van der Waals surface area contributed by atoms with Gasteiger partial charge in [-0.1, -0.05) is 77.6 Å². The van der Waals surface area contributed by atoms with Crippen LogP contribution >= 0.6 is 0 Å². The van der Waals surface area contributed by atoms with Crippen molar-refractivity contribution in [3.8, 4) is 0 Å². The Morgan fingerprint density at radius 2 is 1.21 bits per heavy atom. The second-order valence-electron chi connectivity index (χ2n) is 8.24. The smallest absolute Gasteiger partial charge is 0.184 e. The van der Waals surface area contributed by atoms with Crippen molar-refractivity contribution in [1.82, 2.24) is 0 Å². The lowest BCUT2D eigenvalue weighted by atomic mass is 9.94. The minimum atomic E-state index is -0.478. The van der Waals surface area contributed by atoms with Gasteiger partial charge in [-0.3, -0.25) is 0 Å². The van der Waals surface area contributed by atoms with Gasteiger partial charge in [0, 0.05) is 0 Å². The van der Waals surface area contributed by atoms with Crippen molar-refractivity contribution in [2.24, 2.45) is 5.92 Å². The van der Waals surface area contributed by atoms with E-state index in [4.69, 9.17) is 9.47 Å². The lowest BCUT2D eigenvalue weighted by Crippen LogP contribution is -2.46. The maximum Gasteiger partial charge on any atom is 0.184 e. The zero-order chi connectivity index (χ0) is 17.2. The quantitative estimate of drug-likeness (QED) is 0.712. The second-order valence-corrected chi connectivity index (χ2v) is 8.24. The largest absolute Gasteiger partial charge is 0.388 e. The molecule has 0 aromatic carbocycles. The molecule has 2 aliphatic rings. The highest BCUT2D eigenvalue weighted by atomic mass is 16.7. The average molecular weight is 341 g/mol. The summed E-state index contributed by atoms with van der Waals surface area (Å²) in [4.78, 5) is 0. The minimum Gasteiger partial charge on any atom is -0.388 e. The van der Waals surface area contributed by atoms with Gasteiger partial charge in [-0.25, -0.2) is 0 Å². The maximum absolute atomic E-state index is 10.4. The first kappa shape index (κ1) is 20.2. The van der Waals surface area contributed by atoms with E-state index in [1.54, 1.807) is 0 Å². The van der Waals surface area contributed by atoms with Crippen LogP contribution in [0.5, 0.6) is 0 Å². The highest BCUT2D eigenvalue weighted by molar-refractivity contribution is 4.78. The fourth-order valence-electron chi connectivity index (χ4n) is 4.21. The number of hydrogen-bond acceptors (Lipinski definition) is 3. The Labute approximate surface area is 149 Å². The van der Waals surface area contributed by atoms with Gasteiger partial charge in [-0.2, -0.15) is 0 Å². The van der Waals surface area contributed by atoms with Crippen molar-refractivity contribution in [3.05, 3.63) is 0 Å². The zero-order valence-corrected chi connectivity index (χ0v) is 16.0. The second kappa shape index (κ2) is 11.5. The van der Waals surface area contributed by atoms with Gasteiger partial charge in [-0.05, 0) is 32.1 Å². The lowest BCUT2D eigenvalue weighted by molar-refractivity contribution is -0.268. The van der Waals surface area contributed by atoms with Gasteiger partial charge in [0.15, 0.2) is 6.29 Å². The Morgan fingerprint density at radius 1 is 0.750 bits per heavy atom. The molecule has 0 radical (unpaired) electrons. The van der Waals surface area contributed by atoms with Crippen molar-refractivity contribution >= 4 is 0 Å². The molecule has 3 heteroatoms. The van der Waals surface area contributed by atoms with Gasteiger partial charge >= 0.3 is 0 Å². The Bertz CT molecular complexity index is 306. The molecule has 0 bridgehead atoms.